The highest BCUT2D eigenvalue weighted by molar-refractivity contribution is 6.05. The lowest BCUT2D eigenvalue weighted by Crippen LogP contribution is -2.52. The molecule has 5 rings (SSSR count). The van der Waals surface area contributed by atoms with Gasteiger partial charge in [-0.15, -0.1) is 0 Å². The SMILES string of the molecule is [2H]c1c(COc2cccc3c2CN(C2CCC(=O)NC2=O)C3=O)ccc(C([2H])([2H])N2CCOCC2=O)c1[2H]. The summed E-state index contributed by atoms with van der Waals surface area (Å²) in [6, 6.07) is 6.48. The molecule has 0 spiro atoms. The van der Waals surface area contributed by atoms with E-state index in [0.717, 1.165) is 4.90 Å². The van der Waals surface area contributed by atoms with Gasteiger partial charge in [-0.05, 0) is 29.7 Å². The van der Waals surface area contributed by atoms with Crippen LogP contribution in [0.15, 0.2) is 42.4 Å². The highest BCUT2D eigenvalue weighted by atomic mass is 16.5. The van der Waals surface area contributed by atoms with Crippen LogP contribution in [-0.4, -0.2) is 59.2 Å². The van der Waals surface area contributed by atoms with Gasteiger partial charge in [-0.3, -0.25) is 24.5 Å². The molecular weight excluding hydrogens is 438 g/mol. The predicted molar refractivity (Wildman–Crippen MR) is 119 cm³/mol. The topological polar surface area (TPSA) is 105 Å². The summed E-state index contributed by atoms with van der Waals surface area (Å²) >= 11 is 0. The number of morpholine rings is 1. The molecule has 0 bridgehead atoms. The molecule has 1 atom stereocenters. The van der Waals surface area contributed by atoms with Crippen LogP contribution in [0.4, 0.5) is 0 Å². The Kier molecular flexibility index (Phi) is 4.83. The van der Waals surface area contributed by atoms with Crippen molar-refractivity contribution in [2.75, 3.05) is 19.8 Å². The second kappa shape index (κ2) is 9.26. The van der Waals surface area contributed by atoms with Gasteiger partial charge in [0.1, 0.15) is 25.0 Å². The molecular formula is C25H25N3O6. The molecule has 9 heteroatoms. The number of rotatable bonds is 6. The van der Waals surface area contributed by atoms with E-state index >= 15 is 0 Å². The molecule has 3 heterocycles. The number of ether oxygens (including phenoxy) is 2. The second-order valence-corrected chi connectivity index (χ2v) is 8.20. The number of carbonyl (C=O) groups is 4. The van der Waals surface area contributed by atoms with E-state index in [9.17, 15) is 19.2 Å². The molecule has 0 saturated carbocycles. The molecule has 34 heavy (non-hydrogen) atoms. The third kappa shape index (κ3) is 4.38. The van der Waals surface area contributed by atoms with Gasteiger partial charge in [-0.1, -0.05) is 30.3 Å². The van der Waals surface area contributed by atoms with Crippen molar-refractivity contribution in [1.29, 1.82) is 0 Å². The number of benzene rings is 2. The van der Waals surface area contributed by atoms with E-state index in [4.69, 9.17) is 15.0 Å². The largest absolute Gasteiger partial charge is 0.489 e. The fraction of sp³-hybridized carbons (Fsp3) is 0.360. The first-order chi connectivity index (χ1) is 18.1. The number of hydrogen-bond donors (Lipinski definition) is 1. The lowest BCUT2D eigenvalue weighted by Gasteiger charge is -2.29. The normalized spacial score (nSPS) is 22.5. The molecule has 0 aliphatic carbocycles. The van der Waals surface area contributed by atoms with Gasteiger partial charge in [-0.2, -0.15) is 0 Å². The van der Waals surface area contributed by atoms with Crippen molar-refractivity contribution in [2.24, 2.45) is 0 Å². The van der Waals surface area contributed by atoms with E-state index in [0.29, 0.717) is 22.4 Å². The maximum atomic E-state index is 13.0. The average molecular weight is 468 g/mol. The van der Waals surface area contributed by atoms with Gasteiger partial charge < -0.3 is 19.3 Å². The third-order valence-electron chi connectivity index (χ3n) is 5.97. The summed E-state index contributed by atoms with van der Waals surface area (Å²) in [5, 5.41) is 2.27. The quantitative estimate of drug-likeness (QED) is 0.644. The fourth-order valence-corrected chi connectivity index (χ4v) is 4.19. The van der Waals surface area contributed by atoms with Crippen LogP contribution in [0.5, 0.6) is 5.75 Å². The summed E-state index contributed by atoms with van der Waals surface area (Å²) in [7, 11) is 0. The summed E-state index contributed by atoms with van der Waals surface area (Å²) in [4.78, 5) is 51.4. The van der Waals surface area contributed by atoms with Crippen molar-refractivity contribution >= 4 is 23.6 Å². The maximum absolute atomic E-state index is 13.0. The van der Waals surface area contributed by atoms with E-state index in [-0.39, 0.29) is 75.2 Å². The Hall–Kier alpha value is -3.72. The summed E-state index contributed by atoms with van der Waals surface area (Å²) in [5.41, 5.74) is 1.19. The second-order valence-electron chi connectivity index (χ2n) is 8.20. The molecule has 0 aromatic heterocycles. The Bertz CT molecular complexity index is 1350. The van der Waals surface area contributed by atoms with Crippen molar-refractivity contribution in [1.82, 2.24) is 15.1 Å². The predicted octanol–water partition coefficient (Wildman–Crippen LogP) is 1.39. The minimum atomic E-state index is -2.28. The number of carbonyl (C=O) groups excluding carboxylic acids is 4. The number of amides is 4. The molecule has 2 fully saturated rings. The van der Waals surface area contributed by atoms with E-state index in [1.54, 1.807) is 18.2 Å². The van der Waals surface area contributed by atoms with Crippen LogP contribution < -0.4 is 10.1 Å². The van der Waals surface area contributed by atoms with Crippen LogP contribution in [0, 0.1) is 0 Å². The summed E-state index contributed by atoms with van der Waals surface area (Å²) in [5.74, 6) is -1.35. The Morgan fingerprint density at radius 2 is 1.97 bits per heavy atom. The van der Waals surface area contributed by atoms with Crippen LogP contribution in [0.2, 0.25) is 0 Å². The molecule has 3 aliphatic rings. The van der Waals surface area contributed by atoms with Crippen LogP contribution in [-0.2, 0) is 38.8 Å². The van der Waals surface area contributed by atoms with Crippen LogP contribution in [0.3, 0.4) is 0 Å². The van der Waals surface area contributed by atoms with Crippen molar-refractivity contribution in [2.45, 2.75) is 38.5 Å². The molecule has 2 aromatic rings. The van der Waals surface area contributed by atoms with E-state index < -0.39 is 24.4 Å². The smallest absolute Gasteiger partial charge is 0.255 e. The fourth-order valence-electron chi connectivity index (χ4n) is 4.19. The molecule has 0 radical (unpaired) electrons. The minimum absolute atomic E-state index is 0.0388. The van der Waals surface area contributed by atoms with Gasteiger partial charge in [0.2, 0.25) is 17.7 Å². The highest BCUT2D eigenvalue weighted by Crippen LogP contribution is 2.34. The first kappa shape index (κ1) is 17.7. The minimum Gasteiger partial charge on any atom is -0.489 e. The first-order valence-electron chi connectivity index (χ1n) is 13.0. The first-order valence-corrected chi connectivity index (χ1v) is 11.0. The van der Waals surface area contributed by atoms with Gasteiger partial charge in [-0.25, -0.2) is 0 Å². The average Bonchev–Trinajstić information content (AvgIpc) is 3.21. The summed E-state index contributed by atoms with van der Waals surface area (Å²) in [6.45, 7) is -2.29. The lowest BCUT2D eigenvalue weighted by atomic mass is 10.0. The summed E-state index contributed by atoms with van der Waals surface area (Å²) in [6.07, 6.45) is 0.389. The van der Waals surface area contributed by atoms with E-state index in [1.165, 1.54) is 17.0 Å². The van der Waals surface area contributed by atoms with Gasteiger partial charge in [0.15, 0.2) is 0 Å². The number of nitrogens with one attached hydrogen (secondary N) is 1. The molecule has 2 saturated heterocycles. The number of nitrogens with zero attached hydrogens (tertiary/aromatic N) is 2. The number of fused-ring (bicyclic) bond motifs is 1. The monoisotopic (exact) mass is 467 g/mol. The molecule has 1 N–H and O–H groups in total. The van der Waals surface area contributed by atoms with Gasteiger partial charge in [0.25, 0.3) is 5.91 Å². The van der Waals surface area contributed by atoms with Crippen molar-refractivity contribution in [3.8, 4) is 5.75 Å². The zero-order chi connectivity index (χ0) is 27.2. The highest BCUT2D eigenvalue weighted by Gasteiger charge is 2.40. The van der Waals surface area contributed by atoms with Crippen LogP contribution >= 0.6 is 0 Å². The standard InChI is InChI=1S/C25H25N3O6/c29-22-9-8-20(24(31)26-22)28-13-19-18(25(28)32)2-1-3-21(19)34-14-17-6-4-16(5-7-17)12-27-10-11-33-15-23(27)30/h1-7,20H,8-15H2,(H,26,29,31)/i4D,6D,12D2. The Labute approximate surface area is 202 Å². The Morgan fingerprint density at radius 1 is 1.15 bits per heavy atom. The van der Waals surface area contributed by atoms with Gasteiger partial charge >= 0.3 is 0 Å². The Morgan fingerprint density at radius 3 is 2.79 bits per heavy atom. The van der Waals surface area contributed by atoms with Crippen LogP contribution in [0.25, 0.3) is 0 Å². The van der Waals surface area contributed by atoms with Gasteiger partial charge in [0, 0.05) is 30.6 Å². The lowest BCUT2D eigenvalue weighted by molar-refractivity contribution is -0.143. The molecule has 3 aliphatic heterocycles. The van der Waals surface area contributed by atoms with E-state index in [2.05, 4.69) is 5.32 Å². The summed E-state index contributed by atoms with van der Waals surface area (Å²) < 4.78 is 44.8. The van der Waals surface area contributed by atoms with Crippen LogP contribution in [0.1, 0.15) is 45.4 Å². The molecule has 9 nitrogen and oxygen atoms in total. The molecule has 4 amide bonds. The third-order valence-corrected chi connectivity index (χ3v) is 5.97. The van der Waals surface area contributed by atoms with Crippen molar-refractivity contribution < 1.29 is 34.1 Å². The van der Waals surface area contributed by atoms with E-state index in [1.807, 2.05) is 0 Å². The molecule has 1 unspecified atom stereocenters. The van der Waals surface area contributed by atoms with Gasteiger partial charge in [0.05, 0.1) is 18.6 Å². The zero-order valence-electron chi connectivity index (χ0n) is 22.3. The maximum Gasteiger partial charge on any atom is 0.255 e. The zero-order valence-corrected chi connectivity index (χ0v) is 18.3. The Balaban J connectivity index is 1.34. The van der Waals surface area contributed by atoms with Crippen molar-refractivity contribution in [3.05, 3.63) is 64.7 Å². The van der Waals surface area contributed by atoms with Crippen molar-refractivity contribution in [3.63, 3.8) is 0 Å². The number of hydrogen-bond acceptors (Lipinski definition) is 6. The molecule has 176 valence electrons. The number of piperidine rings is 1. The molecule has 2 aromatic carbocycles. The number of imide groups is 1.